The van der Waals surface area contributed by atoms with Gasteiger partial charge in [-0.3, -0.25) is 14.9 Å². The molecule has 0 saturated heterocycles. The minimum Gasteiger partial charge on any atom is -0.382 e. The van der Waals surface area contributed by atoms with Crippen LogP contribution in [0.2, 0.25) is 0 Å². The van der Waals surface area contributed by atoms with Gasteiger partial charge in [0.2, 0.25) is 5.41 Å². The first-order valence-corrected chi connectivity index (χ1v) is 18.1. The largest absolute Gasteiger partial charge is 0.411 e. The number of alkyl halides is 6. The normalized spacial score (nSPS) is 15.7. The van der Waals surface area contributed by atoms with Gasteiger partial charge >= 0.3 is 24.2 Å². The summed E-state index contributed by atoms with van der Waals surface area (Å²) in [5.41, 5.74) is -0.0808. The fourth-order valence-corrected chi connectivity index (χ4v) is 7.57. The number of ether oxygens (including phenoxy) is 1. The van der Waals surface area contributed by atoms with Crippen LogP contribution in [0.4, 0.5) is 26.3 Å². The van der Waals surface area contributed by atoms with Crippen molar-refractivity contribution >= 4 is 23.6 Å². The molecule has 0 spiro atoms. The van der Waals surface area contributed by atoms with Crippen molar-refractivity contribution in [3.63, 3.8) is 0 Å². The zero-order chi connectivity index (χ0) is 42.3. The van der Waals surface area contributed by atoms with Crippen molar-refractivity contribution in [1.82, 2.24) is 5.32 Å². The molecule has 5 rings (SSSR count). The van der Waals surface area contributed by atoms with Gasteiger partial charge in [0.05, 0.1) is 34.4 Å². The molecule has 0 fully saturated rings. The quantitative estimate of drug-likeness (QED) is 0.193. The third-order valence-electron chi connectivity index (χ3n) is 10.4. The molecule has 7 nitrogen and oxygen atoms in total. The molecule has 0 radical (unpaired) electrons. The van der Waals surface area contributed by atoms with Gasteiger partial charge in [0.1, 0.15) is 0 Å². The monoisotopic (exact) mass is 777 g/mol. The second-order valence-electron chi connectivity index (χ2n) is 15.2. The lowest BCUT2D eigenvalue weighted by Crippen LogP contribution is -3.17. The van der Waals surface area contributed by atoms with Gasteiger partial charge in [-0.2, -0.15) is 31.2 Å². The Labute approximate surface area is 318 Å². The van der Waals surface area contributed by atoms with E-state index in [4.69, 9.17) is 4.74 Å². The Balaban J connectivity index is 0.000000321. The fourth-order valence-electron chi connectivity index (χ4n) is 7.57. The first kappa shape index (κ1) is 45.0. The molecule has 0 saturated carbocycles. The van der Waals surface area contributed by atoms with Gasteiger partial charge in [0.15, 0.2) is 0 Å². The van der Waals surface area contributed by atoms with Gasteiger partial charge in [0, 0.05) is 7.11 Å². The topological polar surface area (TPSA) is 94.0 Å². The van der Waals surface area contributed by atoms with Crippen LogP contribution in [0.15, 0.2) is 36.4 Å². The highest BCUT2D eigenvalue weighted by Crippen LogP contribution is 2.56. The maximum atomic E-state index is 14.5. The van der Waals surface area contributed by atoms with Crippen LogP contribution in [-0.2, 0) is 10.2 Å². The SMILES string of the molecule is CC(C)[NH+]1C(=O)c2ccc(C(c3ccc4c(c3)C(=O)NC4=O)(C(F)(F)F)C(F)(F)F)cc2C1=O.COC(C)C.Cc1c(C)c(C(C)C)c(C)c(C)c1C(C)C. The van der Waals surface area contributed by atoms with E-state index in [1.165, 1.54) is 36.1 Å². The lowest BCUT2D eigenvalue weighted by Gasteiger charge is -2.38. The maximum absolute atomic E-state index is 14.5. The number of methoxy groups -OCH3 is 1. The van der Waals surface area contributed by atoms with Gasteiger partial charge < -0.3 is 4.74 Å². The molecule has 4 amide bonds. The Kier molecular flexibility index (Phi) is 13.4. The number of carbonyl (C=O) groups is 4. The van der Waals surface area contributed by atoms with Gasteiger partial charge in [-0.25, -0.2) is 9.59 Å². The molecule has 300 valence electrons. The van der Waals surface area contributed by atoms with E-state index in [0.717, 1.165) is 6.07 Å². The summed E-state index contributed by atoms with van der Waals surface area (Å²) in [6.45, 7) is 25.3. The molecule has 13 heteroatoms. The number of hydrogen-bond acceptors (Lipinski definition) is 5. The molecule has 3 aromatic rings. The third-order valence-corrected chi connectivity index (χ3v) is 10.4. The van der Waals surface area contributed by atoms with Crippen LogP contribution in [0.25, 0.3) is 0 Å². The number of quaternary nitrogens is 1. The molecule has 1 unspecified atom stereocenters. The van der Waals surface area contributed by atoms with E-state index in [2.05, 4.69) is 55.4 Å². The van der Waals surface area contributed by atoms with E-state index in [1.807, 2.05) is 19.2 Å². The Morgan fingerprint density at radius 3 is 1.25 bits per heavy atom. The van der Waals surface area contributed by atoms with E-state index >= 15 is 0 Å². The van der Waals surface area contributed by atoms with Crippen LogP contribution in [0.5, 0.6) is 0 Å². The average Bonchev–Trinajstić information content (AvgIpc) is 3.49. The van der Waals surface area contributed by atoms with Crippen LogP contribution in [0.1, 0.15) is 153 Å². The second kappa shape index (κ2) is 16.4. The van der Waals surface area contributed by atoms with Crippen molar-refractivity contribution in [2.24, 2.45) is 0 Å². The van der Waals surface area contributed by atoms with Crippen molar-refractivity contribution in [2.75, 3.05) is 7.11 Å². The summed E-state index contributed by atoms with van der Waals surface area (Å²) >= 11 is 0. The second-order valence-corrected chi connectivity index (χ2v) is 15.2. The fraction of sp³-hybridized carbons (Fsp3) is 0.476. The minimum atomic E-state index is -5.98. The van der Waals surface area contributed by atoms with Crippen molar-refractivity contribution in [2.45, 2.75) is 125 Å². The maximum Gasteiger partial charge on any atom is 0.411 e. The highest BCUT2D eigenvalue weighted by Gasteiger charge is 2.73. The highest BCUT2D eigenvalue weighted by molar-refractivity contribution is 6.21. The molecule has 2 N–H and O–H groups in total. The molecular formula is C42H51F6N2O5+. The predicted octanol–water partition coefficient (Wildman–Crippen LogP) is 8.78. The summed E-state index contributed by atoms with van der Waals surface area (Å²) in [5.74, 6) is -2.52. The highest BCUT2D eigenvalue weighted by atomic mass is 19.4. The van der Waals surface area contributed by atoms with E-state index in [9.17, 15) is 45.5 Å². The molecule has 2 aliphatic heterocycles. The van der Waals surface area contributed by atoms with Crippen LogP contribution < -0.4 is 10.2 Å². The molecule has 3 aromatic carbocycles. The molecular weight excluding hydrogens is 726 g/mol. The summed E-state index contributed by atoms with van der Waals surface area (Å²) in [7, 11) is 1.70. The molecule has 2 heterocycles. The van der Waals surface area contributed by atoms with Gasteiger partial charge in [-0.15, -0.1) is 0 Å². The summed E-state index contributed by atoms with van der Waals surface area (Å²) in [4.78, 5) is 48.6. The Morgan fingerprint density at radius 1 is 0.564 bits per heavy atom. The average molecular weight is 778 g/mol. The van der Waals surface area contributed by atoms with E-state index in [0.29, 0.717) is 48.3 Å². The smallest absolute Gasteiger partial charge is 0.382 e. The van der Waals surface area contributed by atoms with Crippen LogP contribution in [0.3, 0.4) is 0 Å². The van der Waals surface area contributed by atoms with Crippen LogP contribution in [-0.4, -0.2) is 55.2 Å². The standard InChI is InChI=1S/C22H14F6N2O4.C16H26.C4H10O/c1-9(2)30-18(33)13-6-4-11(8-15(13)19(30)34)20(21(23,24)25,22(26,27)28)10-3-5-12-14(7-10)17(32)29-16(12)31;1-9(2)15-11(5)13(7)16(10(3)4)14(8)12(15)6;1-4(2)5-3/h3-9H,1-2H3,(H,29,31,32);9-10H,1-8H3;4H,1-3H3/p+1. The van der Waals surface area contributed by atoms with Crippen LogP contribution in [0, 0.1) is 27.7 Å². The number of hydrogen-bond donors (Lipinski definition) is 2. The van der Waals surface area contributed by atoms with Crippen LogP contribution >= 0.6 is 0 Å². The minimum absolute atomic E-state index is 0.232. The van der Waals surface area contributed by atoms with E-state index in [1.54, 1.807) is 18.2 Å². The molecule has 0 aliphatic carbocycles. The molecule has 55 heavy (non-hydrogen) atoms. The number of halogens is 6. The lowest BCUT2D eigenvalue weighted by atomic mass is 9.71. The first-order chi connectivity index (χ1) is 25.2. The lowest BCUT2D eigenvalue weighted by molar-refractivity contribution is -0.746. The van der Waals surface area contributed by atoms with Crippen molar-refractivity contribution in [3.8, 4) is 0 Å². The number of rotatable bonds is 6. The number of benzene rings is 3. The van der Waals surface area contributed by atoms with E-state index in [-0.39, 0.29) is 16.0 Å². The third kappa shape index (κ3) is 8.14. The molecule has 1 atom stereocenters. The number of nitrogens with one attached hydrogen (secondary N) is 2. The Morgan fingerprint density at radius 2 is 0.909 bits per heavy atom. The number of carbonyl (C=O) groups excluding carboxylic acids is 4. The van der Waals surface area contributed by atoms with Crippen molar-refractivity contribution in [1.29, 1.82) is 0 Å². The summed E-state index contributed by atoms with van der Waals surface area (Å²) in [6.07, 6.45) is -11.6. The molecule has 0 aromatic heterocycles. The number of amides is 4. The van der Waals surface area contributed by atoms with Crippen molar-refractivity contribution in [3.05, 3.63) is 103 Å². The number of fused-ring (bicyclic) bond motifs is 2. The van der Waals surface area contributed by atoms with Gasteiger partial charge in [-0.1, -0.05) is 39.8 Å². The summed E-state index contributed by atoms with van der Waals surface area (Å²) in [6, 6.07) is 2.68. The Bertz CT molecular complexity index is 1910. The van der Waals surface area contributed by atoms with E-state index < -0.39 is 69.7 Å². The van der Waals surface area contributed by atoms with Crippen molar-refractivity contribution < 1.29 is 55.2 Å². The summed E-state index contributed by atoms with van der Waals surface area (Å²) in [5, 5.41) is 1.81. The van der Waals surface area contributed by atoms with Gasteiger partial charge in [0.25, 0.3) is 11.8 Å². The van der Waals surface area contributed by atoms with Gasteiger partial charge in [-0.05, 0) is 136 Å². The Hall–Kier alpha value is -4.36. The first-order valence-electron chi connectivity index (χ1n) is 18.1. The molecule has 0 bridgehead atoms. The number of imide groups is 2. The predicted molar refractivity (Wildman–Crippen MR) is 198 cm³/mol. The zero-order valence-electron chi connectivity index (χ0n) is 33.6. The summed E-state index contributed by atoms with van der Waals surface area (Å²) < 4.78 is 91.5. The zero-order valence-corrected chi connectivity index (χ0v) is 33.6. The molecule has 2 aliphatic rings.